The van der Waals surface area contributed by atoms with Crippen molar-refractivity contribution in [3.05, 3.63) is 82.5 Å². The second-order valence-electron chi connectivity index (χ2n) is 7.23. The van der Waals surface area contributed by atoms with Crippen molar-refractivity contribution in [2.75, 3.05) is 5.32 Å². The summed E-state index contributed by atoms with van der Waals surface area (Å²) in [6, 6.07) is 13.4. The first-order chi connectivity index (χ1) is 15.2. The van der Waals surface area contributed by atoms with Gasteiger partial charge in [0.1, 0.15) is 11.6 Å². The van der Waals surface area contributed by atoms with Crippen LogP contribution in [0.2, 0.25) is 0 Å². The third kappa shape index (κ3) is 3.78. The van der Waals surface area contributed by atoms with Crippen LogP contribution < -0.4 is 5.32 Å². The summed E-state index contributed by atoms with van der Waals surface area (Å²) in [5, 5.41) is 17.2. The van der Waals surface area contributed by atoms with Gasteiger partial charge in [0.2, 0.25) is 0 Å². The summed E-state index contributed by atoms with van der Waals surface area (Å²) in [4.78, 5) is 17.3. The molecule has 2 aromatic carbocycles. The topological polar surface area (TPSA) is 83.6 Å². The van der Waals surface area contributed by atoms with Gasteiger partial charge < -0.3 is 5.32 Å². The fraction of sp³-hybridized carbons (Fsp3) is 0.130. The predicted octanol–water partition coefficient (Wildman–Crippen LogP) is 5.18. The summed E-state index contributed by atoms with van der Waals surface area (Å²) in [6.45, 7) is 3.85. The van der Waals surface area contributed by atoms with Crippen molar-refractivity contribution in [2.45, 2.75) is 20.0 Å². The molecule has 0 spiro atoms. The number of carbonyl (C=O) groups excluding carboxylic acids is 1. The van der Waals surface area contributed by atoms with E-state index < -0.39 is 17.6 Å². The molecular formula is C23H16F3N5O. The Labute approximate surface area is 180 Å². The Morgan fingerprint density at radius 2 is 1.81 bits per heavy atom. The lowest BCUT2D eigenvalue weighted by Gasteiger charge is -2.12. The Kier molecular flexibility index (Phi) is 5.14. The number of aromatic nitrogens is 3. The molecular weight excluding hydrogens is 419 g/mol. The number of para-hydroxylation sites is 1. The summed E-state index contributed by atoms with van der Waals surface area (Å²) < 4.78 is 39.7. The number of nitriles is 1. The Morgan fingerprint density at radius 3 is 2.47 bits per heavy atom. The van der Waals surface area contributed by atoms with E-state index in [1.165, 1.54) is 10.9 Å². The maximum absolute atomic E-state index is 12.8. The van der Waals surface area contributed by atoms with Gasteiger partial charge in [-0.25, -0.2) is 4.98 Å². The Balaban J connectivity index is 1.74. The molecule has 9 heteroatoms. The van der Waals surface area contributed by atoms with Crippen molar-refractivity contribution in [2.24, 2.45) is 0 Å². The van der Waals surface area contributed by atoms with Crippen molar-refractivity contribution in [3.63, 3.8) is 0 Å². The number of carbonyl (C=O) groups is 1. The normalized spacial score (nSPS) is 11.4. The quantitative estimate of drug-likeness (QED) is 0.481. The standard InChI is InChI=1S/C23H16F3N5O/c1-13-4-3-5-18-14(2)10-19(29-20(13)18)31-21(16(11-27)12-28-31)30-22(32)15-6-8-17(9-7-15)23(24,25)26/h3-10,12H,1-2H3,(H,30,32). The molecule has 0 bridgehead atoms. The molecule has 0 radical (unpaired) electrons. The Hall–Kier alpha value is -4.19. The minimum atomic E-state index is -4.50. The number of hydrogen-bond acceptors (Lipinski definition) is 4. The lowest BCUT2D eigenvalue weighted by atomic mass is 10.1. The molecule has 160 valence electrons. The smallest absolute Gasteiger partial charge is 0.305 e. The molecule has 0 atom stereocenters. The van der Waals surface area contributed by atoms with Crippen LogP contribution >= 0.6 is 0 Å². The first-order valence-corrected chi connectivity index (χ1v) is 9.53. The predicted molar refractivity (Wildman–Crippen MR) is 112 cm³/mol. The lowest BCUT2D eigenvalue weighted by molar-refractivity contribution is -0.137. The number of fused-ring (bicyclic) bond motifs is 1. The van der Waals surface area contributed by atoms with Crippen molar-refractivity contribution in [3.8, 4) is 11.9 Å². The molecule has 4 aromatic rings. The lowest BCUT2D eigenvalue weighted by Crippen LogP contribution is -2.17. The van der Waals surface area contributed by atoms with Crippen molar-refractivity contribution in [1.82, 2.24) is 14.8 Å². The van der Waals surface area contributed by atoms with Gasteiger partial charge in [0.15, 0.2) is 11.6 Å². The monoisotopic (exact) mass is 435 g/mol. The van der Waals surface area contributed by atoms with E-state index in [1.54, 1.807) is 6.07 Å². The number of hydrogen-bond donors (Lipinski definition) is 1. The number of pyridine rings is 1. The van der Waals surface area contributed by atoms with Gasteiger partial charge in [0.05, 0.1) is 17.3 Å². The van der Waals surface area contributed by atoms with Crippen LogP contribution in [0.15, 0.2) is 54.7 Å². The summed E-state index contributed by atoms with van der Waals surface area (Å²) >= 11 is 0. The number of aryl methyl sites for hydroxylation is 2. The van der Waals surface area contributed by atoms with Gasteiger partial charge in [0.25, 0.3) is 5.91 Å². The van der Waals surface area contributed by atoms with Crippen LogP contribution in [-0.4, -0.2) is 20.7 Å². The molecule has 0 aliphatic carbocycles. The van der Waals surface area contributed by atoms with E-state index in [9.17, 15) is 23.2 Å². The molecule has 0 aliphatic heterocycles. The largest absolute Gasteiger partial charge is 0.416 e. The number of anilines is 1. The summed E-state index contributed by atoms with van der Waals surface area (Å²) in [5.74, 6) is -0.198. The Bertz CT molecular complexity index is 1380. The van der Waals surface area contributed by atoms with E-state index in [1.807, 2.05) is 38.1 Å². The van der Waals surface area contributed by atoms with Gasteiger partial charge in [-0.3, -0.25) is 4.79 Å². The molecule has 0 unspecified atom stereocenters. The summed E-state index contributed by atoms with van der Waals surface area (Å²) in [5.41, 5.74) is 1.89. The van der Waals surface area contributed by atoms with E-state index in [0.29, 0.717) is 5.82 Å². The zero-order valence-electron chi connectivity index (χ0n) is 17.0. The summed E-state index contributed by atoms with van der Waals surface area (Å²) in [6.07, 6.45) is -3.21. The highest BCUT2D eigenvalue weighted by molar-refractivity contribution is 6.04. The van der Waals surface area contributed by atoms with Crippen molar-refractivity contribution < 1.29 is 18.0 Å². The van der Waals surface area contributed by atoms with Gasteiger partial charge >= 0.3 is 6.18 Å². The maximum Gasteiger partial charge on any atom is 0.416 e. The zero-order valence-corrected chi connectivity index (χ0v) is 17.0. The first kappa shape index (κ1) is 21.1. The van der Waals surface area contributed by atoms with Crippen LogP contribution in [-0.2, 0) is 6.18 Å². The van der Waals surface area contributed by atoms with Gasteiger partial charge in [-0.15, -0.1) is 0 Å². The number of benzene rings is 2. The molecule has 2 heterocycles. The highest BCUT2D eigenvalue weighted by Gasteiger charge is 2.30. The molecule has 0 saturated heterocycles. The molecule has 1 N–H and O–H groups in total. The first-order valence-electron chi connectivity index (χ1n) is 9.53. The second kappa shape index (κ2) is 7.81. The van der Waals surface area contributed by atoms with E-state index in [4.69, 9.17) is 0 Å². The van der Waals surface area contributed by atoms with E-state index in [-0.39, 0.29) is 16.9 Å². The van der Waals surface area contributed by atoms with Crippen molar-refractivity contribution in [1.29, 1.82) is 5.26 Å². The SMILES string of the molecule is Cc1cc(-n2ncc(C#N)c2NC(=O)c2ccc(C(F)(F)F)cc2)nc2c(C)cccc12. The molecule has 6 nitrogen and oxygen atoms in total. The average molecular weight is 435 g/mol. The number of nitrogens with one attached hydrogen (secondary N) is 1. The molecule has 0 aliphatic rings. The minimum Gasteiger partial charge on any atom is -0.305 e. The number of halogens is 3. The second-order valence-corrected chi connectivity index (χ2v) is 7.23. The fourth-order valence-electron chi connectivity index (χ4n) is 3.37. The maximum atomic E-state index is 12.8. The van der Waals surface area contributed by atoms with Crippen LogP contribution in [0.4, 0.5) is 19.0 Å². The van der Waals surface area contributed by atoms with Gasteiger partial charge in [-0.2, -0.15) is 28.2 Å². The van der Waals surface area contributed by atoms with Gasteiger partial charge in [-0.05, 0) is 55.3 Å². The summed E-state index contributed by atoms with van der Waals surface area (Å²) in [7, 11) is 0. The van der Waals surface area contributed by atoms with Crippen LogP contribution in [0.5, 0.6) is 0 Å². The van der Waals surface area contributed by atoms with Crippen LogP contribution in [0.3, 0.4) is 0 Å². The molecule has 1 amide bonds. The molecule has 32 heavy (non-hydrogen) atoms. The Morgan fingerprint density at radius 1 is 1.09 bits per heavy atom. The molecule has 0 saturated carbocycles. The van der Waals surface area contributed by atoms with Crippen LogP contribution in [0, 0.1) is 25.2 Å². The number of amides is 1. The van der Waals surface area contributed by atoms with E-state index >= 15 is 0 Å². The van der Waals surface area contributed by atoms with Gasteiger partial charge in [-0.1, -0.05) is 18.2 Å². The number of rotatable bonds is 3. The number of alkyl halides is 3. The molecule has 2 aromatic heterocycles. The van der Waals surface area contributed by atoms with Crippen LogP contribution in [0.1, 0.15) is 32.6 Å². The highest BCUT2D eigenvalue weighted by Crippen LogP contribution is 2.29. The zero-order chi connectivity index (χ0) is 23.0. The van der Waals surface area contributed by atoms with E-state index in [0.717, 1.165) is 46.3 Å². The van der Waals surface area contributed by atoms with Crippen LogP contribution in [0.25, 0.3) is 16.7 Å². The van der Waals surface area contributed by atoms with E-state index in [2.05, 4.69) is 15.4 Å². The molecule has 4 rings (SSSR count). The van der Waals surface area contributed by atoms with Crippen molar-refractivity contribution >= 4 is 22.6 Å². The third-order valence-corrected chi connectivity index (χ3v) is 5.05. The average Bonchev–Trinajstić information content (AvgIpc) is 3.16. The number of nitrogens with zero attached hydrogens (tertiary/aromatic N) is 4. The molecule has 0 fully saturated rings. The van der Waals surface area contributed by atoms with Gasteiger partial charge in [0, 0.05) is 10.9 Å². The third-order valence-electron chi connectivity index (χ3n) is 5.05. The fourth-order valence-corrected chi connectivity index (χ4v) is 3.37. The highest BCUT2D eigenvalue weighted by atomic mass is 19.4. The minimum absolute atomic E-state index is 0.00753.